The van der Waals surface area contributed by atoms with Crippen LogP contribution in [0.5, 0.6) is 0 Å². The predicted octanol–water partition coefficient (Wildman–Crippen LogP) is 3.89. The zero-order valence-electron chi connectivity index (χ0n) is 12.2. The molecule has 0 amide bonds. The van der Waals surface area contributed by atoms with E-state index in [9.17, 15) is 9.47 Å². The molecular weight excluding hydrogens is 242 g/mol. The Balaban J connectivity index is 2.78. The maximum Gasteiger partial charge on any atom is 0.0668 e. The summed E-state index contributed by atoms with van der Waals surface area (Å²) in [6, 6.07) is 2.39. The topological polar surface area (TPSA) is 40.9 Å². The van der Waals surface area contributed by atoms with Gasteiger partial charge < -0.3 is 0 Å². The summed E-state index contributed by atoms with van der Waals surface area (Å²) in [6.07, 6.45) is 5.14. The van der Waals surface area contributed by atoms with Crippen molar-refractivity contribution in [1.29, 1.82) is 5.26 Å². The Morgan fingerprint density at radius 1 is 1.33 bits per heavy atom. The van der Waals surface area contributed by atoms with E-state index in [1.165, 1.54) is 0 Å². The first-order valence-electron chi connectivity index (χ1n) is 7.23. The number of hydrogen-bond acceptors (Lipinski definition) is 2. The average Bonchev–Trinajstić information content (AvgIpc) is 2.38. The van der Waals surface area contributed by atoms with Crippen molar-refractivity contribution in [2.75, 3.05) is 5.75 Å². The van der Waals surface area contributed by atoms with Crippen molar-refractivity contribution in [2.45, 2.75) is 65.0 Å². The van der Waals surface area contributed by atoms with Gasteiger partial charge in [0.15, 0.2) is 0 Å². The van der Waals surface area contributed by atoms with Gasteiger partial charge in [-0.2, -0.15) is 5.26 Å². The normalized spacial score (nSPS) is 30.7. The van der Waals surface area contributed by atoms with Crippen LogP contribution in [0, 0.1) is 28.6 Å². The fourth-order valence-electron chi connectivity index (χ4n) is 2.92. The van der Waals surface area contributed by atoms with Crippen LogP contribution >= 0.6 is 0 Å². The van der Waals surface area contributed by atoms with Gasteiger partial charge in [0, 0.05) is 16.6 Å². The summed E-state index contributed by atoms with van der Waals surface area (Å²) in [5, 5.41) is 9.35. The lowest BCUT2D eigenvalue weighted by Crippen LogP contribution is -2.38. The maximum atomic E-state index is 12.3. The quantitative estimate of drug-likeness (QED) is 0.759. The molecule has 1 aliphatic rings. The minimum absolute atomic E-state index is 0.0151. The van der Waals surface area contributed by atoms with Crippen LogP contribution in [-0.4, -0.2) is 15.2 Å². The zero-order valence-corrected chi connectivity index (χ0v) is 13.1. The molecule has 1 aliphatic carbocycles. The number of nitrogens with zero attached hydrogens (tertiary/aromatic N) is 1. The molecule has 18 heavy (non-hydrogen) atoms. The van der Waals surface area contributed by atoms with Crippen LogP contribution in [0.1, 0.15) is 59.8 Å². The molecule has 0 spiro atoms. The second-order valence-corrected chi connectivity index (χ2v) is 7.99. The van der Waals surface area contributed by atoms with Gasteiger partial charge in [-0.15, -0.1) is 0 Å². The van der Waals surface area contributed by atoms with Gasteiger partial charge in [0.25, 0.3) is 0 Å². The Kier molecular flexibility index (Phi) is 5.85. The Morgan fingerprint density at radius 3 is 2.50 bits per heavy atom. The number of hydrogen-bond donors (Lipinski definition) is 0. The molecule has 0 aromatic carbocycles. The lowest BCUT2D eigenvalue weighted by molar-refractivity contribution is 0.143. The van der Waals surface area contributed by atoms with Gasteiger partial charge in [0.2, 0.25) is 0 Å². The molecule has 0 radical (unpaired) electrons. The molecule has 0 N–H and O–H groups in total. The van der Waals surface area contributed by atoms with Crippen LogP contribution in [0.2, 0.25) is 0 Å². The highest BCUT2D eigenvalue weighted by Gasteiger charge is 2.39. The van der Waals surface area contributed by atoms with Crippen molar-refractivity contribution < 1.29 is 4.21 Å². The van der Waals surface area contributed by atoms with Gasteiger partial charge in [-0.1, -0.05) is 34.1 Å². The van der Waals surface area contributed by atoms with Gasteiger partial charge in [-0.05, 0) is 37.0 Å². The highest BCUT2D eigenvalue weighted by molar-refractivity contribution is 7.85. The van der Waals surface area contributed by atoms with Crippen LogP contribution in [0.4, 0.5) is 0 Å². The lowest BCUT2D eigenvalue weighted by atomic mass is 9.67. The van der Waals surface area contributed by atoms with Gasteiger partial charge in [0.1, 0.15) is 0 Å². The van der Waals surface area contributed by atoms with Crippen LogP contribution < -0.4 is 0 Å². The molecule has 0 aromatic heterocycles. The van der Waals surface area contributed by atoms with E-state index in [1.807, 2.05) is 0 Å². The zero-order chi connectivity index (χ0) is 13.8. The van der Waals surface area contributed by atoms with E-state index in [0.29, 0.717) is 11.3 Å². The Hall–Kier alpha value is -0.360. The van der Waals surface area contributed by atoms with E-state index >= 15 is 0 Å². The van der Waals surface area contributed by atoms with E-state index in [-0.39, 0.29) is 11.2 Å². The van der Waals surface area contributed by atoms with Crippen molar-refractivity contribution in [2.24, 2.45) is 17.3 Å². The standard InChI is InChI=1S/C15H27NOS/c1-5-9-18(17)14-10-13(15(3,4)6-2)8-7-12(14)11-16/h12-14H,5-10H2,1-4H3. The molecule has 0 bridgehead atoms. The van der Waals surface area contributed by atoms with Crippen LogP contribution in [0.3, 0.4) is 0 Å². The third-order valence-corrected chi connectivity index (χ3v) is 6.72. The summed E-state index contributed by atoms with van der Waals surface area (Å²) in [7, 11) is -0.816. The molecule has 1 fully saturated rings. The summed E-state index contributed by atoms with van der Waals surface area (Å²) >= 11 is 0. The molecule has 0 aliphatic heterocycles. The molecule has 4 unspecified atom stereocenters. The molecule has 3 heteroatoms. The predicted molar refractivity (Wildman–Crippen MR) is 77.6 cm³/mol. The number of rotatable bonds is 5. The molecule has 0 saturated heterocycles. The summed E-state index contributed by atoms with van der Waals surface area (Å²) < 4.78 is 12.3. The van der Waals surface area contributed by atoms with Crippen LogP contribution in [0.25, 0.3) is 0 Å². The van der Waals surface area contributed by atoms with Gasteiger partial charge in [-0.3, -0.25) is 4.21 Å². The summed E-state index contributed by atoms with van der Waals surface area (Å²) in [6.45, 7) is 8.91. The fourth-order valence-corrected chi connectivity index (χ4v) is 4.63. The van der Waals surface area contributed by atoms with Crippen LogP contribution in [-0.2, 0) is 10.8 Å². The maximum absolute atomic E-state index is 12.3. The molecule has 2 nitrogen and oxygen atoms in total. The first-order chi connectivity index (χ1) is 8.46. The van der Waals surface area contributed by atoms with Crippen LogP contribution in [0.15, 0.2) is 0 Å². The van der Waals surface area contributed by atoms with E-state index in [1.54, 1.807) is 0 Å². The van der Waals surface area contributed by atoms with E-state index in [4.69, 9.17) is 0 Å². The fraction of sp³-hybridized carbons (Fsp3) is 0.933. The van der Waals surface area contributed by atoms with Gasteiger partial charge in [-0.25, -0.2) is 0 Å². The Morgan fingerprint density at radius 2 is 2.00 bits per heavy atom. The summed E-state index contributed by atoms with van der Waals surface area (Å²) in [5.41, 5.74) is 0.315. The van der Waals surface area contributed by atoms with Gasteiger partial charge >= 0.3 is 0 Å². The summed E-state index contributed by atoms with van der Waals surface area (Å²) in [5.74, 6) is 1.39. The highest BCUT2D eigenvalue weighted by Crippen LogP contribution is 2.43. The molecule has 0 heterocycles. The Bertz CT molecular complexity index is 332. The Labute approximate surface area is 115 Å². The largest absolute Gasteiger partial charge is 0.259 e. The minimum atomic E-state index is -0.816. The van der Waals surface area contributed by atoms with E-state index < -0.39 is 10.8 Å². The molecule has 104 valence electrons. The first-order valence-corrected chi connectivity index (χ1v) is 8.61. The van der Waals surface area contributed by atoms with Crippen molar-refractivity contribution in [3.63, 3.8) is 0 Å². The monoisotopic (exact) mass is 269 g/mol. The van der Waals surface area contributed by atoms with Gasteiger partial charge in [0.05, 0.1) is 17.2 Å². The third-order valence-electron chi connectivity index (χ3n) is 4.72. The second kappa shape index (κ2) is 6.70. The van der Waals surface area contributed by atoms with Crippen molar-refractivity contribution in [1.82, 2.24) is 0 Å². The highest BCUT2D eigenvalue weighted by atomic mass is 32.2. The molecule has 0 aromatic rings. The van der Waals surface area contributed by atoms with E-state index in [2.05, 4.69) is 33.8 Å². The smallest absolute Gasteiger partial charge is 0.0668 e. The number of nitriles is 1. The molecule has 1 saturated carbocycles. The van der Waals surface area contributed by atoms with E-state index in [0.717, 1.165) is 37.9 Å². The summed E-state index contributed by atoms with van der Waals surface area (Å²) in [4.78, 5) is 0. The minimum Gasteiger partial charge on any atom is -0.259 e. The first kappa shape index (κ1) is 15.7. The second-order valence-electron chi connectivity index (χ2n) is 6.21. The average molecular weight is 269 g/mol. The lowest BCUT2D eigenvalue weighted by Gasteiger charge is -2.41. The SMILES string of the molecule is CCCS(=O)C1CC(C(C)(C)CC)CCC1C#N. The third kappa shape index (κ3) is 3.57. The van der Waals surface area contributed by atoms with Crippen molar-refractivity contribution in [3.05, 3.63) is 0 Å². The van der Waals surface area contributed by atoms with Crippen molar-refractivity contribution in [3.8, 4) is 6.07 Å². The molecule has 4 atom stereocenters. The molecular formula is C15H27NOS. The molecule has 1 rings (SSSR count). The van der Waals surface area contributed by atoms with Crippen molar-refractivity contribution >= 4 is 10.8 Å².